The van der Waals surface area contributed by atoms with Crippen LogP contribution in [0.1, 0.15) is 11.1 Å². The third-order valence-electron chi connectivity index (χ3n) is 2.97. The molecule has 0 unspecified atom stereocenters. The SMILES string of the molecule is COc1ccc(C(C#N)=Cc2cccc(F)c2)cc1OC. The van der Waals surface area contributed by atoms with E-state index >= 15 is 0 Å². The van der Waals surface area contributed by atoms with Gasteiger partial charge in [0.2, 0.25) is 0 Å². The Balaban J connectivity index is 2.45. The molecular weight excluding hydrogens is 269 g/mol. The van der Waals surface area contributed by atoms with Crippen LogP contribution in [0.5, 0.6) is 11.5 Å². The molecule has 4 heteroatoms. The standard InChI is InChI=1S/C17H14FNO2/c1-20-16-7-6-13(10-17(16)21-2)14(11-19)8-12-4-3-5-15(18)9-12/h3-10H,1-2H3. The van der Waals surface area contributed by atoms with E-state index in [1.165, 1.54) is 19.2 Å². The first-order valence-electron chi connectivity index (χ1n) is 6.27. The summed E-state index contributed by atoms with van der Waals surface area (Å²) < 4.78 is 23.6. The van der Waals surface area contributed by atoms with Gasteiger partial charge in [-0.2, -0.15) is 5.26 Å². The molecule has 0 aliphatic carbocycles. The van der Waals surface area contributed by atoms with Crippen LogP contribution in [0.4, 0.5) is 4.39 Å². The van der Waals surface area contributed by atoms with Crippen molar-refractivity contribution in [3.63, 3.8) is 0 Å². The Morgan fingerprint density at radius 1 is 1.10 bits per heavy atom. The van der Waals surface area contributed by atoms with Gasteiger partial charge in [-0.15, -0.1) is 0 Å². The zero-order valence-electron chi connectivity index (χ0n) is 11.8. The Hall–Kier alpha value is -2.80. The monoisotopic (exact) mass is 283 g/mol. The molecule has 0 aliphatic rings. The molecule has 2 aromatic carbocycles. The van der Waals surface area contributed by atoms with Crippen LogP contribution in [0.3, 0.4) is 0 Å². The highest BCUT2D eigenvalue weighted by Gasteiger charge is 2.08. The summed E-state index contributed by atoms with van der Waals surface area (Å²) in [4.78, 5) is 0. The number of benzene rings is 2. The molecule has 0 atom stereocenters. The number of nitrogens with zero attached hydrogens (tertiary/aromatic N) is 1. The maximum absolute atomic E-state index is 13.2. The number of allylic oxidation sites excluding steroid dienone is 1. The minimum atomic E-state index is -0.339. The largest absolute Gasteiger partial charge is 0.493 e. The fourth-order valence-electron chi connectivity index (χ4n) is 1.95. The fraction of sp³-hybridized carbons (Fsp3) is 0.118. The van der Waals surface area contributed by atoms with E-state index in [-0.39, 0.29) is 5.82 Å². The average Bonchev–Trinajstić information content (AvgIpc) is 2.52. The van der Waals surface area contributed by atoms with E-state index in [1.54, 1.807) is 43.5 Å². The van der Waals surface area contributed by atoms with Crippen LogP contribution in [0, 0.1) is 17.1 Å². The number of nitriles is 1. The lowest BCUT2D eigenvalue weighted by atomic mass is 10.0. The van der Waals surface area contributed by atoms with E-state index < -0.39 is 0 Å². The Bertz CT molecular complexity index is 717. The highest BCUT2D eigenvalue weighted by Crippen LogP contribution is 2.30. The van der Waals surface area contributed by atoms with Crippen molar-refractivity contribution in [2.75, 3.05) is 14.2 Å². The molecule has 0 fully saturated rings. The van der Waals surface area contributed by atoms with Crippen molar-refractivity contribution in [2.24, 2.45) is 0 Å². The Kier molecular flexibility index (Phi) is 4.57. The topological polar surface area (TPSA) is 42.2 Å². The highest BCUT2D eigenvalue weighted by molar-refractivity contribution is 5.90. The van der Waals surface area contributed by atoms with Crippen LogP contribution in [0.25, 0.3) is 11.6 Å². The van der Waals surface area contributed by atoms with Crippen molar-refractivity contribution in [1.82, 2.24) is 0 Å². The van der Waals surface area contributed by atoms with Gasteiger partial charge in [-0.25, -0.2) is 4.39 Å². The molecule has 2 aromatic rings. The van der Waals surface area contributed by atoms with E-state index in [1.807, 2.05) is 0 Å². The second kappa shape index (κ2) is 6.58. The van der Waals surface area contributed by atoms with Crippen LogP contribution in [0.2, 0.25) is 0 Å². The van der Waals surface area contributed by atoms with Crippen LogP contribution in [0.15, 0.2) is 42.5 Å². The van der Waals surface area contributed by atoms with Gasteiger partial charge in [0.15, 0.2) is 11.5 Å². The van der Waals surface area contributed by atoms with Gasteiger partial charge in [0, 0.05) is 0 Å². The number of hydrogen-bond acceptors (Lipinski definition) is 3. The lowest BCUT2D eigenvalue weighted by Crippen LogP contribution is -1.92. The second-order valence-corrected chi connectivity index (χ2v) is 4.29. The number of rotatable bonds is 4. The number of methoxy groups -OCH3 is 2. The quantitative estimate of drug-likeness (QED) is 0.631. The van der Waals surface area contributed by atoms with E-state index in [0.29, 0.717) is 28.2 Å². The first-order chi connectivity index (χ1) is 10.2. The molecule has 0 radical (unpaired) electrons. The molecule has 0 aliphatic heterocycles. The fourth-order valence-corrected chi connectivity index (χ4v) is 1.95. The first kappa shape index (κ1) is 14.6. The van der Waals surface area contributed by atoms with Gasteiger partial charge < -0.3 is 9.47 Å². The molecule has 2 rings (SSSR count). The van der Waals surface area contributed by atoms with Crippen molar-refractivity contribution in [2.45, 2.75) is 0 Å². The molecule has 21 heavy (non-hydrogen) atoms. The smallest absolute Gasteiger partial charge is 0.161 e. The molecule has 0 saturated heterocycles. The van der Waals surface area contributed by atoms with Crippen LogP contribution in [-0.2, 0) is 0 Å². The summed E-state index contributed by atoms with van der Waals surface area (Å²) in [6.45, 7) is 0. The summed E-state index contributed by atoms with van der Waals surface area (Å²) in [5.41, 5.74) is 1.72. The zero-order valence-corrected chi connectivity index (χ0v) is 11.8. The number of halogens is 1. The Labute approximate surface area is 122 Å². The van der Waals surface area contributed by atoms with Crippen molar-refractivity contribution in [3.8, 4) is 17.6 Å². The normalized spacial score (nSPS) is 10.9. The van der Waals surface area contributed by atoms with Crippen molar-refractivity contribution >= 4 is 11.6 Å². The molecule has 0 saturated carbocycles. The molecule has 0 spiro atoms. The third-order valence-corrected chi connectivity index (χ3v) is 2.97. The van der Waals surface area contributed by atoms with E-state index in [2.05, 4.69) is 6.07 Å². The van der Waals surface area contributed by atoms with Gasteiger partial charge in [-0.05, 0) is 47.5 Å². The van der Waals surface area contributed by atoms with Gasteiger partial charge in [0.25, 0.3) is 0 Å². The zero-order chi connectivity index (χ0) is 15.2. The van der Waals surface area contributed by atoms with Crippen molar-refractivity contribution in [1.29, 1.82) is 5.26 Å². The lowest BCUT2D eigenvalue weighted by Gasteiger charge is -2.09. The van der Waals surface area contributed by atoms with Crippen LogP contribution < -0.4 is 9.47 Å². The predicted octanol–water partition coefficient (Wildman–Crippen LogP) is 3.91. The molecule has 0 amide bonds. The Morgan fingerprint density at radius 2 is 1.86 bits per heavy atom. The summed E-state index contributed by atoms with van der Waals surface area (Å²) in [5.74, 6) is 0.785. The summed E-state index contributed by atoms with van der Waals surface area (Å²) in [6.07, 6.45) is 1.63. The summed E-state index contributed by atoms with van der Waals surface area (Å²) in [7, 11) is 3.08. The maximum atomic E-state index is 13.2. The highest BCUT2D eigenvalue weighted by atomic mass is 19.1. The van der Waals surface area contributed by atoms with Gasteiger partial charge in [-0.1, -0.05) is 12.1 Å². The van der Waals surface area contributed by atoms with Gasteiger partial charge >= 0.3 is 0 Å². The van der Waals surface area contributed by atoms with Gasteiger partial charge in [0.1, 0.15) is 5.82 Å². The average molecular weight is 283 g/mol. The lowest BCUT2D eigenvalue weighted by molar-refractivity contribution is 0.355. The third kappa shape index (κ3) is 3.40. The molecule has 0 aromatic heterocycles. The molecule has 0 bridgehead atoms. The molecular formula is C17H14FNO2. The van der Waals surface area contributed by atoms with Crippen molar-refractivity contribution in [3.05, 3.63) is 59.4 Å². The number of hydrogen-bond donors (Lipinski definition) is 0. The van der Waals surface area contributed by atoms with Crippen molar-refractivity contribution < 1.29 is 13.9 Å². The molecule has 0 heterocycles. The summed E-state index contributed by atoms with van der Waals surface area (Å²) >= 11 is 0. The van der Waals surface area contributed by atoms with E-state index in [0.717, 1.165) is 0 Å². The molecule has 106 valence electrons. The summed E-state index contributed by atoms with van der Waals surface area (Å²) in [6, 6.07) is 13.4. The van der Waals surface area contributed by atoms with E-state index in [4.69, 9.17) is 9.47 Å². The minimum Gasteiger partial charge on any atom is -0.493 e. The molecule has 3 nitrogen and oxygen atoms in total. The van der Waals surface area contributed by atoms with E-state index in [9.17, 15) is 9.65 Å². The summed E-state index contributed by atoms with van der Waals surface area (Å²) in [5, 5.41) is 9.32. The second-order valence-electron chi connectivity index (χ2n) is 4.29. The predicted molar refractivity (Wildman–Crippen MR) is 79.4 cm³/mol. The Morgan fingerprint density at radius 3 is 2.48 bits per heavy atom. The molecule has 0 N–H and O–H groups in total. The van der Waals surface area contributed by atoms with Crippen LogP contribution in [-0.4, -0.2) is 14.2 Å². The van der Waals surface area contributed by atoms with Gasteiger partial charge in [-0.3, -0.25) is 0 Å². The van der Waals surface area contributed by atoms with Crippen LogP contribution >= 0.6 is 0 Å². The first-order valence-corrected chi connectivity index (χ1v) is 6.27. The maximum Gasteiger partial charge on any atom is 0.161 e. The minimum absolute atomic E-state index is 0.339. The number of ether oxygens (including phenoxy) is 2. The van der Waals surface area contributed by atoms with Gasteiger partial charge in [0.05, 0.1) is 25.9 Å².